The zero-order chi connectivity index (χ0) is 17.1. The zero-order valence-corrected chi connectivity index (χ0v) is 13.4. The number of aromatic nitrogens is 1. The number of para-hydroxylation sites is 2. The molecule has 3 rings (SSSR count). The zero-order valence-electron chi connectivity index (χ0n) is 13.4. The summed E-state index contributed by atoms with van der Waals surface area (Å²) in [5, 5.41) is 2.71. The monoisotopic (exact) mass is 327 g/mol. The van der Waals surface area contributed by atoms with Crippen LogP contribution in [0, 0.1) is 0 Å². The van der Waals surface area contributed by atoms with Gasteiger partial charge in [0.25, 0.3) is 5.91 Å². The Morgan fingerprint density at radius 3 is 2.92 bits per heavy atom. The molecule has 1 aromatic carbocycles. The summed E-state index contributed by atoms with van der Waals surface area (Å²) >= 11 is 0. The van der Waals surface area contributed by atoms with Crippen LogP contribution in [0.4, 0.5) is 11.4 Å². The lowest BCUT2D eigenvalue weighted by Crippen LogP contribution is -2.47. The van der Waals surface area contributed by atoms with Crippen molar-refractivity contribution >= 4 is 23.2 Å². The number of ether oxygens (including phenoxy) is 2. The summed E-state index contributed by atoms with van der Waals surface area (Å²) in [4.78, 5) is 30.2. The molecular weight excluding hydrogens is 310 g/mol. The molecule has 1 aliphatic heterocycles. The molecule has 2 aromatic rings. The standard InChI is InChI=1S/C17H17N3O4/c1-11-17(22)20(13-7-3-4-8-14(13)24-11)10-15(21)19-12-6-5-9-18-16(12)23-2/h3-9,11H,10H2,1-2H3,(H,19,21)/t11-/m1/s1. The van der Waals surface area contributed by atoms with Gasteiger partial charge < -0.3 is 14.8 Å². The number of methoxy groups -OCH3 is 1. The van der Waals surface area contributed by atoms with Gasteiger partial charge in [-0.1, -0.05) is 12.1 Å². The topological polar surface area (TPSA) is 80.8 Å². The third-order valence-corrected chi connectivity index (χ3v) is 3.61. The van der Waals surface area contributed by atoms with Crippen molar-refractivity contribution in [1.29, 1.82) is 0 Å². The molecule has 0 unspecified atom stereocenters. The minimum Gasteiger partial charge on any atom is -0.480 e. The number of carbonyl (C=O) groups is 2. The fraction of sp³-hybridized carbons (Fsp3) is 0.235. The second kappa shape index (κ2) is 6.57. The number of rotatable bonds is 4. The van der Waals surface area contributed by atoms with E-state index in [2.05, 4.69) is 10.3 Å². The number of pyridine rings is 1. The van der Waals surface area contributed by atoms with E-state index in [4.69, 9.17) is 9.47 Å². The maximum Gasteiger partial charge on any atom is 0.268 e. The quantitative estimate of drug-likeness (QED) is 0.927. The Bertz CT molecular complexity index is 778. The highest BCUT2D eigenvalue weighted by Crippen LogP contribution is 2.33. The molecule has 0 saturated carbocycles. The van der Waals surface area contributed by atoms with E-state index in [-0.39, 0.29) is 18.4 Å². The lowest BCUT2D eigenvalue weighted by atomic mass is 10.2. The predicted octanol–water partition coefficient (Wildman–Crippen LogP) is 1.84. The van der Waals surface area contributed by atoms with Gasteiger partial charge in [-0.2, -0.15) is 0 Å². The van der Waals surface area contributed by atoms with Gasteiger partial charge >= 0.3 is 0 Å². The summed E-state index contributed by atoms with van der Waals surface area (Å²) < 4.78 is 10.7. The van der Waals surface area contributed by atoms with Crippen LogP contribution in [-0.2, 0) is 9.59 Å². The first-order valence-electron chi connectivity index (χ1n) is 7.46. The maximum atomic E-state index is 12.4. The fourth-order valence-electron chi connectivity index (χ4n) is 2.50. The van der Waals surface area contributed by atoms with Crippen molar-refractivity contribution in [1.82, 2.24) is 4.98 Å². The lowest BCUT2D eigenvalue weighted by molar-refractivity contribution is -0.127. The number of fused-ring (bicyclic) bond motifs is 1. The second-order valence-electron chi connectivity index (χ2n) is 5.26. The SMILES string of the molecule is COc1ncccc1NC(=O)CN1C(=O)[C@@H](C)Oc2ccccc21. The van der Waals surface area contributed by atoms with Crippen LogP contribution in [0.25, 0.3) is 0 Å². The van der Waals surface area contributed by atoms with Gasteiger partial charge in [0.05, 0.1) is 12.8 Å². The molecule has 0 fully saturated rings. The molecule has 1 atom stereocenters. The van der Waals surface area contributed by atoms with Crippen LogP contribution in [0.1, 0.15) is 6.92 Å². The minimum atomic E-state index is -0.638. The Labute approximate surface area is 139 Å². The molecule has 7 nitrogen and oxygen atoms in total. The molecule has 7 heteroatoms. The van der Waals surface area contributed by atoms with Crippen LogP contribution >= 0.6 is 0 Å². The van der Waals surface area contributed by atoms with Crippen molar-refractivity contribution in [3.63, 3.8) is 0 Å². The highest BCUT2D eigenvalue weighted by atomic mass is 16.5. The van der Waals surface area contributed by atoms with Crippen molar-refractivity contribution in [2.45, 2.75) is 13.0 Å². The first-order valence-corrected chi connectivity index (χ1v) is 7.46. The molecule has 2 heterocycles. The van der Waals surface area contributed by atoms with Crippen molar-refractivity contribution in [3.05, 3.63) is 42.6 Å². The first-order chi connectivity index (χ1) is 11.6. The number of nitrogens with zero attached hydrogens (tertiary/aromatic N) is 2. The highest BCUT2D eigenvalue weighted by molar-refractivity contribution is 6.06. The van der Waals surface area contributed by atoms with Crippen molar-refractivity contribution in [2.24, 2.45) is 0 Å². The van der Waals surface area contributed by atoms with Gasteiger partial charge in [-0.15, -0.1) is 0 Å². The van der Waals surface area contributed by atoms with E-state index in [9.17, 15) is 9.59 Å². The maximum absolute atomic E-state index is 12.4. The fourth-order valence-corrected chi connectivity index (χ4v) is 2.50. The molecule has 0 bridgehead atoms. The Kier molecular flexibility index (Phi) is 4.33. The van der Waals surface area contributed by atoms with Gasteiger partial charge in [0.15, 0.2) is 6.10 Å². The third-order valence-electron chi connectivity index (χ3n) is 3.61. The lowest BCUT2D eigenvalue weighted by Gasteiger charge is -2.32. The van der Waals surface area contributed by atoms with Crippen LogP contribution in [0.15, 0.2) is 42.6 Å². The van der Waals surface area contributed by atoms with Crippen LogP contribution in [0.5, 0.6) is 11.6 Å². The largest absolute Gasteiger partial charge is 0.480 e. The second-order valence-corrected chi connectivity index (χ2v) is 5.26. The molecule has 1 aliphatic rings. The molecule has 0 radical (unpaired) electrons. The van der Waals surface area contributed by atoms with Crippen LogP contribution < -0.4 is 19.7 Å². The molecule has 0 aliphatic carbocycles. The number of hydrogen-bond donors (Lipinski definition) is 1. The number of carbonyl (C=O) groups excluding carboxylic acids is 2. The number of benzene rings is 1. The molecule has 1 N–H and O–H groups in total. The van der Waals surface area contributed by atoms with Crippen LogP contribution in [0.2, 0.25) is 0 Å². The summed E-state index contributed by atoms with van der Waals surface area (Å²) in [5.41, 5.74) is 1.03. The Hall–Kier alpha value is -3.09. The predicted molar refractivity (Wildman–Crippen MR) is 88.3 cm³/mol. The van der Waals surface area contributed by atoms with E-state index in [1.165, 1.54) is 12.0 Å². The highest BCUT2D eigenvalue weighted by Gasteiger charge is 2.32. The van der Waals surface area contributed by atoms with E-state index in [1.807, 2.05) is 6.07 Å². The average molecular weight is 327 g/mol. The van der Waals surface area contributed by atoms with Crippen LogP contribution in [-0.4, -0.2) is 36.6 Å². The summed E-state index contributed by atoms with van der Waals surface area (Å²) in [7, 11) is 1.47. The van der Waals surface area contributed by atoms with Crippen LogP contribution in [0.3, 0.4) is 0 Å². The molecule has 0 saturated heterocycles. The molecule has 1 aromatic heterocycles. The Morgan fingerprint density at radius 1 is 1.33 bits per heavy atom. The third kappa shape index (κ3) is 3.01. The summed E-state index contributed by atoms with van der Waals surface area (Å²) in [5.74, 6) is 0.282. The Balaban J connectivity index is 1.80. The average Bonchev–Trinajstić information content (AvgIpc) is 2.59. The first kappa shape index (κ1) is 15.8. The van der Waals surface area contributed by atoms with E-state index in [0.717, 1.165) is 0 Å². The van der Waals surface area contributed by atoms with Gasteiger partial charge in [-0.05, 0) is 31.2 Å². The summed E-state index contributed by atoms with van der Waals surface area (Å²) in [6.07, 6.45) is 0.929. The van der Waals surface area contributed by atoms with Gasteiger partial charge in [0.2, 0.25) is 11.8 Å². The molecular formula is C17H17N3O4. The normalized spacial score (nSPS) is 16.2. The van der Waals surface area contributed by atoms with Crippen molar-refractivity contribution in [2.75, 3.05) is 23.9 Å². The van der Waals surface area contributed by atoms with Gasteiger partial charge in [0.1, 0.15) is 18.0 Å². The summed E-state index contributed by atoms with van der Waals surface area (Å²) in [6.45, 7) is 1.54. The van der Waals surface area contributed by atoms with Gasteiger partial charge in [0, 0.05) is 6.20 Å². The smallest absolute Gasteiger partial charge is 0.268 e. The van der Waals surface area contributed by atoms with E-state index < -0.39 is 6.10 Å². The number of anilines is 2. The minimum absolute atomic E-state index is 0.123. The van der Waals surface area contributed by atoms with Crippen molar-refractivity contribution in [3.8, 4) is 11.6 Å². The van der Waals surface area contributed by atoms with E-state index in [0.29, 0.717) is 23.0 Å². The number of nitrogens with one attached hydrogen (secondary N) is 1. The van der Waals surface area contributed by atoms with Gasteiger partial charge in [-0.3, -0.25) is 14.5 Å². The van der Waals surface area contributed by atoms with Gasteiger partial charge in [-0.25, -0.2) is 4.98 Å². The molecule has 0 spiro atoms. The molecule has 24 heavy (non-hydrogen) atoms. The summed E-state index contributed by atoms with van der Waals surface area (Å²) in [6, 6.07) is 10.5. The number of amides is 2. The van der Waals surface area contributed by atoms with E-state index in [1.54, 1.807) is 43.5 Å². The molecule has 2 amide bonds. The molecule has 124 valence electrons. The number of hydrogen-bond acceptors (Lipinski definition) is 5. The van der Waals surface area contributed by atoms with Crippen molar-refractivity contribution < 1.29 is 19.1 Å². The van der Waals surface area contributed by atoms with E-state index >= 15 is 0 Å². The Morgan fingerprint density at radius 2 is 2.12 bits per heavy atom.